The van der Waals surface area contributed by atoms with Crippen LogP contribution in [0, 0.1) is 0 Å². The van der Waals surface area contributed by atoms with Crippen LogP contribution in [-0.4, -0.2) is 48.7 Å². The number of amides is 1. The molecule has 0 aromatic heterocycles. The Hall–Kier alpha value is -2.01. The van der Waals surface area contributed by atoms with E-state index in [1.807, 2.05) is 31.2 Å². The van der Waals surface area contributed by atoms with Crippen molar-refractivity contribution >= 4 is 40.4 Å². The highest BCUT2D eigenvalue weighted by Crippen LogP contribution is 2.43. The van der Waals surface area contributed by atoms with Crippen LogP contribution in [0.15, 0.2) is 42.5 Å². The first-order valence-electron chi connectivity index (χ1n) is 10.0. The second-order valence-corrected chi connectivity index (χ2v) is 8.18. The molecule has 29 heavy (non-hydrogen) atoms. The zero-order valence-electron chi connectivity index (χ0n) is 16.4. The number of rotatable bonds is 3. The van der Waals surface area contributed by atoms with E-state index in [-0.39, 0.29) is 12.1 Å². The minimum Gasteiger partial charge on any atom is -0.449 e. The Bertz CT molecular complexity index is 936. The Balaban J connectivity index is 1.66. The van der Waals surface area contributed by atoms with Crippen molar-refractivity contribution in [3.63, 3.8) is 0 Å². The van der Waals surface area contributed by atoms with Gasteiger partial charge in [0.05, 0.1) is 17.7 Å². The van der Waals surface area contributed by atoms with Crippen molar-refractivity contribution in [3.8, 4) is 0 Å². The van der Waals surface area contributed by atoms with E-state index in [1.165, 1.54) is 5.56 Å². The number of halogens is 2. The van der Waals surface area contributed by atoms with Crippen LogP contribution in [0.25, 0.3) is 11.1 Å². The molecule has 1 aliphatic carbocycles. The number of hydrogen-bond acceptors (Lipinski definition) is 3. The maximum Gasteiger partial charge on any atom is 0.409 e. The third-order valence-electron chi connectivity index (χ3n) is 5.52. The monoisotopic (exact) mass is 430 g/mol. The highest BCUT2D eigenvalue weighted by molar-refractivity contribution is 6.53. The lowest BCUT2D eigenvalue weighted by Crippen LogP contribution is -2.50. The summed E-state index contributed by atoms with van der Waals surface area (Å²) in [6, 6.07) is 14.3. The van der Waals surface area contributed by atoms with Crippen molar-refractivity contribution in [3.05, 3.63) is 69.7 Å². The zero-order chi connectivity index (χ0) is 20.4. The molecule has 6 heteroatoms. The normalized spacial score (nSPS) is 19.1. The van der Waals surface area contributed by atoms with Crippen LogP contribution < -0.4 is 0 Å². The molecule has 1 heterocycles. The van der Waals surface area contributed by atoms with E-state index in [0.717, 1.165) is 36.2 Å². The van der Waals surface area contributed by atoms with Gasteiger partial charge in [-0.25, -0.2) is 4.79 Å². The molecule has 1 atom stereocenters. The van der Waals surface area contributed by atoms with E-state index in [2.05, 4.69) is 29.2 Å². The lowest BCUT2D eigenvalue weighted by molar-refractivity contribution is 0.0686. The highest BCUT2D eigenvalue weighted by atomic mass is 35.5. The van der Waals surface area contributed by atoms with Crippen molar-refractivity contribution in [2.45, 2.75) is 19.4 Å². The summed E-state index contributed by atoms with van der Waals surface area (Å²) in [4.78, 5) is 16.4. The van der Waals surface area contributed by atoms with Gasteiger partial charge in [-0.2, -0.15) is 0 Å². The molecular weight excluding hydrogens is 407 g/mol. The molecule has 0 saturated carbocycles. The van der Waals surface area contributed by atoms with E-state index in [9.17, 15) is 4.79 Å². The number of carbonyl (C=O) groups is 1. The quantitative estimate of drug-likeness (QED) is 0.630. The van der Waals surface area contributed by atoms with Crippen LogP contribution in [0.3, 0.4) is 0 Å². The molecule has 1 saturated heterocycles. The highest BCUT2D eigenvalue weighted by Gasteiger charge is 2.33. The van der Waals surface area contributed by atoms with Gasteiger partial charge in [0.15, 0.2) is 0 Å². The van der Waals surface area contributed by atoms with E-state index in [4.69, 9.17) is 27.9 Å². The Morgan fingerprint density at radius 3 is 2.52 bits per heavy atom. The molecule has 2 aliphatic rings. The average molecular weight is 431 g/mol. The smallest absolute Gasteiger partial charge is 0.409 e. The topological polar surface area (TPSA) is 32.8 Å². The largest absolute Gasteiger partial charge is 0.449 e. The van der Waals surface area contributed by atoms with Gasteiger partial charge in [0.2, 0.25) is 0 Å². The van der Waals surface area contributed by atoms with Gasteiger partial charge in [-0.1, -0.05) is 66.5 Å². The van der Waals surface area contributed by atoms with Crippen molar-refractivity contribution < 1.29 is 9.53 Å². The Labute approximate surface area is 181 Å². The SMILES string of the molecule is CCCOC(=O)N1CCN(C2c3ccccc3C=C(Cl)c3c(Cl)cccc32)CC1. The first-order chi connectivity index (χ1) is 14.1. The van der Waals surface area contributed by atoms with E-state index >= 15 is 0 Å². The molecule has 1 unspecified atom stereocenters. The van der Waals surface area contributed by atoms with E-state index in [1.54, 1.807) is 4.90 Å². The van der Waals surface area contributed by atoms with Crippen LogP contribution in [0.4, 0.5) is 4.79 Å². The second-order valence-electron chi connectivity index (χ2n) is 7.37. The van der Waals surface area contributed by atoms with Gasteiger partial charge >= 0.3 is 6.09 Å². The Morgan fingerprint density at radius 2 is 1.76 bits per heavy atom. The molecule has 1 aliphatic heterocycles. The van der Waals surface area contributed by atoms with Gasteiger partial charge < -0.3 is 9.64 Å². The molecule has 0 N–H and O–H groups in total. The van der Waals surface area contributed by atoms with Crippen LogP contribution in [0.5, 0.6) is 0 Å². The van der Waals surface area contributed by atoms with Crippen LogP contribution in [-0.2, 0) is 4.74 Å². The predicted octanol–water partition coefficient (Wildman–Crippen LogP) is 5.64. The van der Waals surface area contributed by atoms with Crippen LogP contribution in [0.2, 0.25) is 5.02 Å². The van der Waals surface area contributed by atoms with Crippen molar-refractivity contribution in [1.82, 2.24) is 9.80 Å². The van der Waals surface area contributed by atoms with Gasteiger partial charge in [-0.3, -0.25) is 4.90 Å². The molecule has 4 rings (SSSR count). The fourth-order valence-electron chi connectivity index (χ4n) is 4.12. The molecule has 0 bridgehead atoms. The fraction of sp³-hybridized carbons (Fsp3) is 0.348. The first-order valence-corrected chi connectivity index (χ1v) is 10.8. The molecule has 152 valence electrons. The molecular formula is C23H24Cl2N2O2. The summed E-state index contributed by atoms with van der Waals surface area (Å²) in [5, 5.41) is 1.31. The van der Waals surface area contributed by atoms with Gasteiger partial charge in [-0.15, -0.1) is 0 Å². The summed E-state index contributed by atoms with van der Waals surface area (Å²) >= 11 is 13.2. The summed E-state index contributed by atoms with van der Waals surface area (Å²) < 4.78 is 5.30. The standard InChI is InChI=1S/C23H24Cl2N2O2/c1-2-14-29-23(28)27-12-10-26(11-13-27)22-17-7-4-3-6-16(17)15-20(25)21-18(22)8-5-9-19(21)24/h3-9,15,22H,2,10-14H2,1H3. The summed E-state index contributed by atoms with van der Waals surface area (Å²) in [7, 11) is 0. The summed E-state index contributed by atoms with van der Waals surface area (Å²) in [5.41, 5.74) is 4.29. The van der Waals surface area contributed by atoms with Crippen LogP contribution >= 0.6 is 23.2 Å². The number of ether oxygens (including phenoxy) is 1. The summed E-state index contributed by atoms with van der Waals surface area (Å²) in [6.45, 7) is 5.24. The average Bonchev–Trinajstić information content (AvgIpc) is 2.86. The maximum absolute atomic E-state index is 12.2. The molecule has 0 spiro atoms. The van der Waals surface area contributed by atoms with Crippen molar-refractivity contribution in [2.75, 3.05) is 32.8 Å². The Kier molecular flexibility index (Phi) is 6.14. The number of fused-ring (bicyclic) bond motifs is 2. The molecule has 1 fully saturated rings. The number of hydrogen-bond donors (Lipinski definition) is 0. The molecule has 2 aromatic carbocycles. The molecule has 4 nitrogen and oxygen atoms in total. The number of benzene rings is 2. The predicted molar refractivity (Wildman–Crippen MR) is 118 cm³/mol. The van der Waals surface area contributed by atoms with Crippen molar-refractivity contribution in [1.29, 1.82) is 0 Å². The zero-order valence-corrected chi connectivity index (χ0v) is 17.9. The minimum absolute atomic E-state index is 0.0289. The van der Waals surface area contributed by atoms with Gasteiger partial charge in [-0.05, 0) is 35.3 Å². The maximum atomic E-state index is 12.2. The number of carbonyl (C=O) groups excluding carboxylic acids is 1. The molecule has 0 radical (unpaired) electrons. The number of piperazine rings is 1. The lowest BCUT2D eigenvalue weighted by Gasteiger charge is -2.40. The van der Waals surface area contributed by atoms with Gasteiger partial charge in [0.1, 0.15) is 0 Å². The first kappa shape index (κ1) is 20.3. The molecule has 1 amide bonds. The summed E-state index contributed by atoms with van der Waals surface area (Å²) in [5.74, 6) is 0. The van der Waals surface area contributed by atoms with Gasteiger partial charge in [0, 0.05) is 36.8 Å². The lowest BCUT2D eigenvalue weighted by atomic mass is 9.92. The van der Waals surface area contributed by atoms with Gasteiger partial charge in [0.25, 0.3) is 0 Å². The van der Waals surface area contributed by atoms with Crippen molar-refractivity contribution in [2.24, 2.45) is 0 Å². The number of nitrogens with zero attached hydrogens (tertiary/aromatic N) is 2. The fourth-order valence-corrected chi connectivity index (χ4v) is 4.79. The van der Waals surface area contributed by atoms with E-state index < -0.39 is 0 Å². The summed E-state index contributed by atoms with van der Waals surface area (Å²) in [6.07, 6.45) is 2.61. The third-order valence-corrected chi connectivity index (χ3v) is 6.13. The Morgan fingerprint density at radius 1 is 1.03 bits per heavy atom. The third kappa shape index (κ3) is 4.02. The van der Waals surface area contributed by atoms with Crippen LogP contribution in [0.1, 0.15) is 41.6 Å². The second kappa shape index (κ2) is 8.78. The minimum atomic E-state index is -0.221. The van der Waals surface area contributed by atoms with E-state index in [0.29, 0.717) is 29.8 Å². The molecule has 2 aromatic rings.